The molecule has 11 nitrogen and oxygen atoms in total. The number of aliphatic hydroxyl groups is 1. The highest BCUT2D eigenvalue weighted by Gasteiger charge is 2.62. The van der Waals surface area contributed by atoms with Crippen molar-refractivity contribution < 1.29 is 19.4 Å². The average molecular weight is 578 g/mol. The highest BCUT2D eigenvalue weighted by molar-refractivity contribution is 5.90. The number of ether oxygens (including phenoxy) is 2. The largest absolute Gasteiger partial charge is 0.488 e. The Morgan fingerprint density at radius 2 is 1.86 bits per heavy atom. The molecule has 1 spiro atoms. The number of nitrogens with zero attached hydrogens (tertiary/aromatic N) is 6. The summed E-state index contributed by atoms with van der Waals surface area (Å²) < 4.78 is 11.8. The molecule has 2 saturated heterocycles. The van der Waals surface area contributed by atoms with Crippen molar-refractivity contribution in [3.05, 3.63) is 54.4 Å². The maximum Gasteiger partial charge on any atom is 0.254 e. The zero-order chi connectivity index (χ0) is 29.2. The van der Waals surface area contributed by atoms with Crippen LogP contribution >= 0.6 is 0 Å². The smallest absolute Gasteiger partial charge is 0.254 e. The number of H-pyrrole nitrogens is 1. The van der Waals surface area contributed by atoms with Gasteiger partial charge < -0.3 is 29.4 Å². The van der Waals surface area contributed by atoms with Gasteiger partial charge in [-0.15, -0.1) is 0 Å². The number of morpholine rings is 1. The van der Waals surface area contributed by atoms with Crippen LogP contribution in [0.3, 0.4) is 0 Å². The van der Waals surface area contributed by atoms with E-state index in [0.29, 0.717) is 59.9 Å². The summed E-state index contributed by atoms with van der Waals surface area (Å²) in [5.74, 6) is 1.07. The Balaban J connectivity index is 1.01. The Hall–Kier alpha value is -4.53. The monoisotopic (exact) mass is 577 g/mol. The molecule has 218 valence electrons. The molecule has 2 unspecified atom stereocenters. The van der Waals surface area contributed by atoms with Crippen molar-refractivity contribution in [2.24, 2.45) is 5.41 Å². The van der Waals surface area contributed by atoms with E-state index in [2.05, 4.69) is 38.1 Å². The van der Waals surface area contributed by atoms with E-state index in [4.69, 9.17) is 14.5 Å². The van der Waals surface area contributed by atoms with Crippen LogP contribution < -0.4 is 9.64 Å². The molecular weight excluding hydrogens is 546 g/mol. The summed E-state index contributed by atoms with van der Waals surface area (Å²) in [6, 6.07) is 16.1. The molecule has 2 aliphatic heterocycles. The van der Waals surface area contributed by atoms with E-state index in [1.807, 2.05) is 24.3 Å². The Kier molecular flexibility index (Phi) is 5.93. The van der Waals surface area contributed by atoms with Crippen LogP contribution in [0, 0.1) is 16.7 Å². The summed E-state index contributed by atoms with van der Waals surface area (Å²) >= 11 is 0. The lowest BCUT2D eigenvalue weighted by Gasteiger charge is -2.28. The van der Waals surface area contributed by atoms with Crippen molar-refractivity contribution in [2.45, 2.75) is 37.4 Å². The summed E-state index contributed by atoms with van der Waals surface area (Å²) in [6.07, 6.45) is 4.20. The molecule has 4 heterocycles. The molecule has 0 radical (unpaired) electrons. The van der Waals surface area contributed by atoms with E-state index in [-0.39, 0.29) is 17.4 Å². The number of aromatic amines is 1. The molecule has 2 saturated carbocycles. The van der Waals surface area contributed by atoms with Crippen molar-refractivity contribution in [3.63, 3.8) is 0 Å². The van der Waals surface area contributed by atoms with Crippen molar-refractivity contribution in [1.29, 1.82) is 5.26 Å². The van der Waals surface area contributed by atoms with Gasteiger partial charge in [0.2, 0.25) is 0 Å². The number of hydrogen-bond acceptors (Lipinski definition) is 9. The van der Waals surface area contributed by atoms with E-state index in [1.54, 1.807) is 11.0 Å². The van der Waals surface area contributed by atoms with Gasteiger partial charge in [-0.1, -0.05) is 0 Å². The molecule has 2 aromatic carbocycles. The SMILES string of the molecule is N#Cc1cc(-c2ncnc3nc(-c4ccc(N5CCOCC5)cc4)[nH]c23)ccc1OC1CC12CCN(C(=O)C1(O)CC1)C2. The van der Waals surface area contributed by atoms with Crippen molar-refractivity contribution >= 4 is 22.8 Å². The maximum absolute atomic E-state index is 12.6. The van der Waals surface area contributed by atoms with Gasteiger partial charge in [-0.2, -0.15) is 5.26 Å². The van der Waals surface area contributed by atoms with Gasteiger partial charge in [-0.05, 0) is 68.1 Å². The molecule has 11 heteroatoms. The summed E-state index contributed by atoms with van der Waals surface area (Å²) in [4.78, 5) is 33.7. The van der Waals surface area contributed by atoms with Crippen molar-refractivity contribution in [1.82, 2.24) is 24.8 Å². The van der Waals surface area contributed by atoms with Crippen molar-refractivity contribution in [3.8, 4) is 34.5 Å². The zero-order valence-electron chi connectivity index (χ0n) is 23.6. The van der Waals surface area contributed by atoms with Gasteiger partial charge >= 0.3 is 0 Å². The lowest BCUT2D eigenvalue weighted by atomic mass is 10.1. The maximum atomic E-state index is 12.6. The van der Waals surface area contributed by atoms with E-state index in [0.717, 1.165) is 56.0 Å². The van der Waals surface area contributed by atoms with Crippen molar-refractivity contribution in [2.75, 3.05) is 44.3 Å². The molecule has 2 atom stereocenters. The topological polar surface area (TPSA) is 140 Å². The first-order valence-electron chi connectivity index (χ1n) is 14.8. The third kappa shape index (κ3) is 4.58. The van der Waals surface area contributed by atoms with E-state index < -0.39 is 5.60 Å². The second kappa shape index (κ2) is 9.76. The Labute approximate surface area is 248 Å². The van der Waals surface area contributed by atoms with E-state index >= 15 is 0 Å². The lowest BCUT2D eigenvalue weighted by Crippen LogP contribution is -2.39. The number of benzene rings is 2. The number of aromatic nitrogens is 4. The first kappa shape index (κ1) is 26.1. The number of fused-ring (bicyclic) bond motifs is 1. The summed E-state index contributed by atoms with van der Waals surface area (Å²) in [5.41, 5.74) is 3.93. The Bertz CT molecular complexity index is 1770. The summed E-state index contributed by atoms with van der Waals surface area (Å²) in [6.45, 7) is 4.46. The fraction of sp³-hybridized carbons (Fsp3) is 0.406. The standard InChI is InChI=1S/C32H31N7O4/c33-17-22-15-21(3-6-24(22)43-25-16-31(25)9-10-39(18-31)30(40)32(41)7-8-32)26-27-29(35-19-34-26)37-28(36-27)20-1-4-23(5-2-20)38-11-13-42-14-12-38/h1-6,15,19,25,41H,7-14,16,18H2,(H,34,35,36,37). The van der Waals surface area contributed by atoms with Crippen LogP contribution in [-0.4, -0.2) is 86.9 Å². The van der Waals surface area contributed by atoms with Gasteiger partial charge in [0, 0.05) is 48.4 Å². The van der Waals surface area contributed by atoms with E-state index in [9.17, 15) is 15.2 Å². The quantitative estimate of drug-likeness (QED) is 0.353. The lowest BCUT2D eigenvalue weighted by molar-refractivity contribution is -0.141. The van der Waals surface area contributed by atoms with Crippen LogP contribution in [0.15, 0.2) is 48.8 Å². The molecular formula is C32H31N7O4. The van der Waals surface area contributed by atoms with Gasteiger partial charge in [0.15, 0.2) is 5.65 Å². The second-order valence-electron chi connectivity index (χ2n) is 12.2. The minimum absolute atomic E-state index is 0.0624. The Morgan fingerprint density at radius 1 is 1.07 bits per heavy atom. The number of amides is 1. The van der Waals surface area contributed by atoms with Crippen LogP contribution in [0.2, 0.25) is 0 Å². The van der Waals surface area contributed by atoms with Gasteiger partial charge in [-0.25, -0.2) is 15.0 Å². The molecule has 1 amide bonds. The minimum Gasteiger partial charge on any atom is -0.488 e. The molecule has 4 fully saturated rings. The number of carbonyl (C=O) groups is 1. The number of imidazole rings is 1. The third-order valence-corrected chi connectivity index (χ3v) is 9.36. The van der Waals surface area contributed by atoms with Gasteiger partial charge in [0.1, 0.15) is 41.2 Å². The number of likely N-dealkylation sites (tertiary alicyclic amines) is 1. The van der Waals surface area contributed by atoms with Crippen LogP contribution in [0.5, 0.6) is 5.75 Å². The fourth-order valence-electron chi connectivity index (χ4n) is 6.46. The fourth-order valence-corrected chi connectivity index (χ4v) is 6.46. The zero-order valence-corrected chi connectivity index (χ0v) is 23.6. The van der Waals surface area contributed by atoms with Gasteiger partial charge in [0.25, 0.3) is 5.91 Å². The summed E-state index contributed by atoms with van der Waals surface area (Å²) in [7, 11) is 0. The predicted octanol–water partition coefficient (Wildman–Crippen LogP) is 3.29. The summed E-state index contributed by atoms with van der Waals surface area (Å²) in [5, 5.41) is 20.2. The third-order valence-electron chi connectivity index (χ3n) is 9.36. The highest BCUT2D eigenvalue weighted by atomic mass is 16.5. The number of hydrogen-bond donors (Lipinski definition) is 2. The minimum atomic E-state index is -1.14. The highest BCUT2D eigenvalue weighted by Crippen LogP contribution is 2.56. The molecule has 0 bridgehead atoms. The number of nitriles is 1. The molecule has 2 aliphatic carbocycles. The molecule has 4 aromatic rings. The first-order valence-corrected chi connectivity index (χ1v) is 14.8. The van der Waals surface area contributed by atoms with Crippen LogP contribution in [0.4, 0.5) is 5.69 Å². The normalized spacial score (nSPS) is 23.9. The Morgan fingerprint density at radius 3 is 2.63 bits per heavy atom. The first-order chi connectivity index (χ1) is 20.9. The predicted molar refractivity (Wildman–Crippen MR) is 157 cm³/mol. The second-order valence-corrected chi connectivity index (χ2v) is 12.2. The van der Waals surface area contributed by atoms with Crippen LogP contribution in [0.25, 0.3) is 33.8 Å². The molecule has 2 N–H and O–H groups in total. The molecule has 43 heavy (non-hydrogen) atoms. The van der Waals surface area contributed by atoms with Crippen LogP contribution in [0.1, 0.15) is 31.2 Å². The number of anilines is 1. The average Bonchev–Trinajstić information content (AvgIpc) is 3.81. The molecule has 8 rings (SSSR count). The molecule has 4 aliphatic rings. The van der Waals surface area contributed by atoms with Gasteiger partial charge in [0.05, 0.1) is 24.5 Å². The van der Waals surface area contributed by atoms with Gasteiger partial charge in [-0.3, -0.25) is 4.79 Å². The molecule has 2 aromatic heterocycles. The number of rotatable bonds is 6. The number of nitrogens with one attached hydrogen (secondary N) is 1. The van der Waals surface area contributed by atoms with Crippen LogP contribution in [-0.2, 0) is 9.53 Å². The number of carbonyl (C=O) groups excluding carboxylic acids is 1. The van der Waals surface area contributed by atoms with E-state index in [1.165, 1.54) is 6.33 Å².